The molecular formula is C12H17N3O3. The SMILES string of the molecule is Cc1cc(C(=O)O)nc(NC2CCOC(C)C2)n1. The van der Waals surface area contributed by atoms with Gasteiger partial charge in [0.25, 0.3) is 0 Å². The van der Waals surface area contributed by atoms with Crippen LogP contribution >= 0.6 is 0 Å². The summed E-state index contributed by atoms with van der Waals surface area (Å²) in [5.41, 5.74) is 0.662. The lowest BCUT2D eigenvalue weighted by atomic mass is 10.0. The summed E-state index contributed by atoms with van der Waals surface area (Å²) in [6, 6.07) is 1.69. The van der Waals surface area contributed by atoms with Gasteiger partial charge in [-0.1, -0.05) is 0 Å². The molecule has 1 saturated heterocycles. The highest BCUT2D eigenvalue weighted by molar-refractivity contribution is 5.85. The van der Waals surface area contributed by atoms with Crippen LogP contribution in [0.1, 0.15) is 35.9 Å². The van der Waals surface area contributed by atoms with Crippen molar-refractivity contribution in [2.45, 2.75) is 38.8 Å². The molecule has 1 fully saturated rings. The first-order valence-electron chi connectivity index (χ1n) is 6.01. The topological polar surface area (TPSA) is 84.3 Å². The highest BCUT2D eigenvalue weighted by Crippen LogP contribution is 2.17. The maximum absolute atomic E-state index is 10.9. The van der Waals surface area contributed by atoms with Crippen molar-refractivity contribution in [2.75, 3.05) is 11.9 Å². The zero-order chi connectivity index (χ0) is 13.1. The van der Waals surface area contributed by atoms with Crippen LogP contribution in [0.4, 0.5) is 5.95 Å². The Labute approximate surface area is 105 Å². The number of aryl methyl sites for hydroxylation is 1. The molecule has 1 aliphatic rings. The van der Waals surface area contributed by atoms with Gasteiger partial charge in [0, 0.05) is 18.3 Å². The van der Waals surface area contributed by atoms with E-state index in [1.165, 1.54) is 6.07 Å². The fraction of sp³-hybridized carbons (Fsp3) is 0.583. The third-order valence-electron chi connectivity index (χ3n) is 2.89. The van der Waals surface area contributed by atoms with Crippen molar-refractivity contribution in [3.05, 3.63) is 17.5 Å². The fourth-order valence-electron chi connectivity index (χ4n) is 2.05. The maximum Gasteiger partial charge on any atom is 0.354 e. The van der Waals surface area contributed by atoms with Crippen molar-refractivity contribution in [1.82, 2.24) is 9.97 Å². The van der Waals surface area contributed by atoms with Crippen molar-refractivity contribution in [1.29, 1.82) is 0 Å². The van der Waals surface area contributed by atoms with Gasteiger partial charge in [-0.2, -0.15) is 0 Å². The van der Waals surface area contributed by atoms with Gasteiger partial charge >= 0.3 is 5.97 Å². The number of carbonyl (C=O) groups is 1. The molecule has 6 nitrogen and oxygen atoms in total. The third-order valence-corrected chi connectivity index (χ3v) is 2.89. The number of carboxylic acids is 1. The molecule has 0 amide bonds. The molecule has 0 radical (unpaired) electrons. The van der Waals surface area contributed by atoms with Gasteiger partial charge < -0.3 is 15.2 Å². The first-order valence-corrected chi connectivity index (χ1v) is 6.01. The van der Waals surface area contributed by atoms with Crippen LogP contribution in [0.15, 0.2) is 6.07 Å². The number of carboxylic acid groups (broad SMARTS) is 1. The summed E-state index contributed by atoms with van der Waals surface area (Å²) in [6.07, 6.45) is 1.96. The molecule has 0 bridgehead atoms. The summed E-state index contributed by atoms with van der Waals surface area (Å²) in [5.74, 6) is -0.657. The Morgan fingerprint density at radius 1 is 1.56 bits per heavy atom. The summed E-state index contributed by atoms with van der Waals surface area (Å²) in [5, 5.41) is 12.1. The van der Waals surface area contributed by atoms with Crippen LogP contribution in [0.5, 0.6) is 0 Å². The number of aromatic nitrogens is 2. The summed E-state index contributed by atoms with van der Waals surface area (Å²) in [6.45, 7) is 4.48. The van der Waals surface area contributed by atoms with Crippen molar-refractivity contribution in [3.63, 3.8) is 0 Å². The van der Waals surface area contributed by atoms with Crippen LogP contribution in [0, 0.1) is 6.92 Å². The second-order valence-corrected chi connectivity index (χ2v) is 4.57. The molecule has 0 spiro atoms. The summed E-state index contributed by atoms with van der Waals surface area (Å²) in [7, 11) is 0. The number of aromatic carboxylic acids is 1. The van der Waals surface area contributed by atoms with Gasteiger partial charge in [0.15, 0.2) is 5.69 Å². The normalized spacial score (nSPS) is 23.7. The van der Waals surface area contributed by atoms with Crippen LogP contribution in [0.25, 0.3) is 0 Å². The molecule has 98 valence electrons. The smallest absolute Gasteiger partial charge is 0.354 e. The molecule has 0 saturated carbocycles. The van der Waals surface area contributed by atoms with Gasteiger partial charge in [0.2, 0.25) is 5.95 Å². The van der Waals surface area contributed by atoms with E-state index < -0.39 is 5.97 Å². The molecule has 0 aromatic carbocycles. The molecule has 1 aromatic rings. The standard InChI is InChI=1S/C12H17N3O3/c1-7-5-10(11(16)17)15-12(13-7)14-9-3-4-18-8(2)6-9/h5,8-9H,3-4,6H2,1-2H3,(H,16,17)(H,13,14,15). The number of anilines is 1. The van der Waals surface area contributed by atoms with E-state index in [-0.39, 0.29) is 17.8 Å². The van der Waals surface area contributed by atoms with Crippen LogP contribution in [0.3, 0.4) is 0 Å². The highest BCUT2D eigenvalue weighted by atomic mass is 16.5. The molecule has 2 heterocycles. The van der Waals surface area contributed by atoms with Gasteiger partial charge in [0.1, 0.15) is 0 Å². The summed E-state index contributed by atoms with van der Waals surface area (Å²) < 4.78 is 5.46. The average molecular weight is 251 g/mol. The number of nitrogens with zero attached hydrogens (tertiary/aromatic N) is 2. The second-order valence-electron chi connectivity index (χ2n) is 4.57. The molecule has 0 aliphatic carbocycles. The van der Waals surface area contributed by atoms with E-state index in [1.807, 2.05) is 6.92 Å². The quantitative estimate of drug-likeness (QED) is 0.846. The molecule has 2 atom stereocenters. The zero-order valence-electron chi connectivity index (χ0n) is 10.5. The lowest BCUT2D eigenvalue weighted by molar-refractivity contribution is 0.0231. The zero-order valence-corrected chi connectivity index (χ0v) is 10.5. The molecule has 6 heteroatoms. The molecule has 2 rings (SSSR count). The van der Waals surface area contributed by atoms with E-state index in [0.717, 1.165) is 12.8 Å². The van der Waals surface area contributed by atoms with E-state index >= 15 is 0 Å². The van der Waals surface area contributed by atoms with Crippen LogP contribution in [0.2, 0.25) is 0 Å². The Morgan fingerprint density at radius 3 is 3.00 bits per heavy atom. The van der Waals surface area contributed by atoms with Crippen LogP contribution < -0.4 is 5.32 Å². The van der Waals surface area contributed by atoms with Gasteiger partial charge in [0.05, 0.1) is 6.10 Å². The molecule has 18 heavy (non-hydrogen) atoms. The number of nitrogens with one attached hydrogen (secondary N) is 1. The Kier molecular flexibility index (Phi) is 3.76. The minimum Gasteiger partial charge on any atom is -0.477 e. The van der Waals surface area contributed by atoms with Crippen LogP contribution in [-0.2, 0) is 4.74 Å². The van der Waals surface area contributed by atoms with Crippen molar-refractivity contribution in [3.8, 4) is 0 Å². The largest absolute Gasteiger partial charge is 0.477 e. The summed E-state index contributed by atoms with van der Waals surface area (Å²) in [4.78, 5) is 19.1. The van der Waals surface area contributed by atoms with E-state index in [0.29, 0.717) is 18.2 Å². The Hall–Kier alpha value is -1.69. The first-order chi connectivity index (χ1) is 8.54. The maximum atomic E-state index is 10.9. The van der Waals surface area contributed by atoms with E-state index in [9.17, 15) is 4.79 Å². The third kappa shape index (κ3) is 3.16. The Morgan fingerprint density at radius 2 is 2.33 bits per heavy atom. The molecule has 2 unspecified atom stereocenters. The van der Waals surface area contributed by atoms with Crippen LogP contribution in [-0.4, -0.2) is 39.8 Å². The predicted octanol–water partition coefficient (Wildman–Crippen LogP) is 1.46. The fourth-order valence-corrected chi connectivity index (χ4v) is 2.05. The van der Waals surface area contributed by atoms with E-state index in [1.54, 1.807) is 6.92 Å². The molecule has 2 N–H and O–H groups in total. The molecule has 1 aromatic heterocycles. The van der Waals surface area contributed by atoms with Crippen molar-refractivity contribution < 1.29 is 14.6 Å². The predicted molar refractivity (Wildman–Crippen MR) is 65.8 cm³/mol. The van der Waals surface area contributed by atoms with Gasteiger partial charge in [-0.25, -0.2) is 14.8 Å². The monoisotopic (exact) mass is 251 g/mol. The Balaban J connectivity index is 2.10. The second kappa shape index (κ2) is 5.30. The lowest BCUT2D eigenvalue weighted by Crippen LogP contribution is -2.33. The number of rotatable bonds is 3. The van der Waals surface area contributed by atoms with Gasteiger partial charge in [-0.05, 0) is 32.8 Å². The molecular weight excluding hydrogens is 234 g/mol. The minimum atomic E-state index is -1.04. The Bertz CT molecular complexity index is 450. The van der Waals surface area contributed by atoms with Crippen molar-refractivity contribution >= 4 is 11.9 Å². The van der Waals surface area contributed by atoms with Gasteiger partial charge in [-0.15, -0.1) is 0 Å². The first kappa shape index (κ1) is 12.8. The lowest BCUT2D eigenvalue weighted by Gasteiger charge is -2.27. The summed E-state index contributed by atoms with van der Waals surface area (Å²) >= 11 is 0. The number of ether oxygens (including phenoxy) is 1. The number of hydrogen-bond donors (Lipinski definition) is 2. The van der Waals surface area contributed by atoms with E-state index in [2.05, 4.69) is 15.3 Å². The minimum absolute atomic E-state index is 0.0186. The van der Waals surface area contributed by atoms with Crippen molar-refractivity contribution in [2.24, 2.45) is 0 Å². The highest BCUT2D eigenvalue weighted by Gasteiger charge is 2.20. The molecule has 1 aliphatic heterocycles. The van der Waals surface area contributed by atoms with E-state index in [4.69, 9.17) is 9.84 Å². The van der Waals surface area contributed by atoms with Gasteiger partial charge in [-0.3, -0.25) is 0 Å². The number of hydrogen-bond acceptors (Lipinski definition) is 5. The average Bonchev–Trinajstić information content (AvgIpc) is 2.28.